The highest BCUT2D eigenvalue weighted by Gasteiger charge is 2.53. The van der Waals surface area contributed by atoms with Crippen molar-refractivity contribution in [2.75, 3.05) is 18.5 Å². The third-order valence-corrected chi connectivity index (χ3v) is 7.64. The Morgan fingerprint density at radius 3 is 2.43 bits per heavy atom. The van der Waals surface area contributed by atoms with E-state index >= 15 is 0 Å². The number of hydrogen-bond donors (Lipinski definition) is 1. The van der Waals surface area contributed by atoms with Crippen LogP contribution in [0.15, 0.2) is 102 Å². The van der Waals surface area contributed by atoms with Crippen LogP contribution in [0.5, 0.6) is 5.88 Å². The van der Waals surface area contributed by atoms with Gasteiger partial charge in [0.2, 0.25) is 5.88 Å². The predicted octanol–water partition coefficient (Wildman–Crippen LogP) is 7.67. The van der Waals surface area contributed by atoms with Crippen LogP contribution in [0, 0.1) is 6.92 Å². The number of nitrogens with zero attached hydrogens (tertiary/aromatic N) is 2. The summed E-state index contributed by atoms with van der Waals surface area (Å²) in [6.07, 6.45) is 2.32. The second-order valence-electron chi connectivity index (χ2n) is 10.5. The topological polar surface area (TPSA) is 86.5 Å². The first-order chi connectivity index (χ1) is 20.6. The zero-order valence-corrected chi connectivity index (χ0v) is 23.8. The number of ether oxygens (including phenoxy) is 2. The number of pyridine rings is 1. The van der Waals surface area contributed by atoms with Crippen molar-refractivity contribution in [1.29, 1.82) is 0 Å². The molecule has 0 atom stereocenters. The molecule has 2 heterocycles. The van der Waals surface area contributed by atoms with Gasteiger partial charge in [-0.15, -0.1) is 0 Å². The molecule has 42 heavy (non-hydrogen) atoms. The second-order valence-corrected chi connectivity index (χ2v) is 10.5. The molecule has 0 aliphatic heterocycles. The van der Waals surface area contributed by atoms with E-state index in [-0.39, 0.29) is 5.97 Å². The number of carbonyl (C=O) groups excluding carboxylic acids is 1. The number of esters is 1. The van der Waals surface area contributed by atoms with Gasteiger partial charge >= 0.3 is 5.97 Å². The van der Waals surface area contributed by atoms with E-state index < -0.39 is 5.41 Å². The average molecular weight is 560 g/mol. The number of aromatic nitrogens is 2. The van der Waals surface area contributed by atoms with E-state index in [4.69, 9.17) is 14.0 Å². The maximum Gasteiger partial charge on any atom is 0.316 e. The van der Waals surface area contributed by atoms with Crippen molar-refractivity contribution < 1.29 is 18.8 Å². The monoisotopic (exact) mass is 559 g/mol. The quantitative estimate of drug-likeness (QED) is 0.166. The molecule has 7 heteroatoms. The van der Waals surface area contributed by atoms with Crippen LogP contribution >= 0.6 is 0 Å². The lowest BCUT2D eigenvalue weighted by Crippen LogP contribution is -2.23. The van der Waals surface area contributed by atoms with Crippen molar-refractivity contribution >= 4 is 17.5 Å². The fraction of sp³-hybridized carbons (Fsp3) is 0.229. The minimum atomic E-state index is -0.615. The Hall–Kier alpha value is -4.91. The van der Waals surface area contributed by atoms with Crippen LogP contribution in [-0.2, 0) is 21.4 Å². The molecule has 6 rings (SSSR count). The summed E-state index contributed by atoms with van der Waals surface area (Å²) in [6, 6.07) is 32.1. The van der Waals surface area contributed by atoms with Crippen molar-refractivity contribution in [3.63, 3.8) is 0 Å². The van der Waals surface area contributed by atoms with Gasteiger partial charge in [-0.3, -0.25) is 4.79 Å². The summed E-state index contributed by atoms with van der Waals surface area (Å²) in [5.74, 6) is 1.54. The molecule has 0 amide bonds. The Bertz CT molecular complexity index is 1680. The van der Waals surface area contributed by atoms with E-state index in [1.807, 2.05) is 80.6 Å². The molecule has 1 fully saturated rings. The number of nitrogens with one attached hydrogen (secondary N) is 1. The predicted molar refractivity (Wildman–Crippen MR) is 163 cm³/mol. The lowest BCUT2D eigenvalue weighted by Gasteiger charge is -2.18. The van der Waals surface area contributed by atoms with Gasteiger partial charge in [0.1, 0.15) is 17.2 Å². The lowest BCUT2D eigenvalue weighted by molar-refractivity contribution is -0.146. The molecule has 1 saturated carbocycles. The molecule has 0 radical (unpaired) electrons. The summed E-state index contributed by atoms with van der Waals surface area (Å²) in [5.41, 5.74) is 5.77. The van der Waals surface area contributed by atoms with E-state index in [1.165, 1.54) is 5.56 Å². The van der Waals surface area contributed by atoms with Gasteiger partial charge in [-0.2, -0.15) is 4.98 Å². The normalized spacial score (nSPS) is 13.4. The van der Waals surface area contributed by atoms with Crippen molar-refractivity contribution in [1.82, 2.24) is 10.1 Å². The average Bonchev–Trinajstić information content (AvgIpc) is 3.77. The summed E-state index contributed by atoms with van der Waals surface area (Å²) in [5, 5.41) is 7.74. The maximum atomic E-state index is 12.9. The molecule has 1 aliphatic carbocycles. The van der Waals surface area contributed by atoms with Crippen LogP contribution in [0.25, 0.3) is 22.5 Å². The van der Waals surface area contributed by atoms with Crippen LogP contribution in [-0.4, -0.2) is 29.3 Å². The molecule has 1 aliphatic rings. The summed E-state index contributed by atoms with van der Waals surface area (Å²) >= 11 is 0. The van der Waals surface area contributed by atoms with Gasteiger partial charge in [0, 0.05) is 18.1 Å². The van der Waals surface area contributed by atoms with E-state index in [0.717, 1.165) is 41.5 Å². The Labute approximate surface area is 245 Å². The minimum Gasteiger partial charge on any atom is -0.477 e. The summed E-state index contributed by atoms with van der Waals surface area (Å²) in [7, 11) is 0. The number of benzene rings is 3. The first-order valence-corrected chi connectivity index (χ1v) is 14.3. The number of anilines is 2. The van der Waals surface area contributed by atoms with Gasteiger partial charge in [-0.1, -0.05) is 84.0 Å². The first-order valence-electron chi connectivity index (χ1n) is 14.3. The van der Waals surface area contributed by atoms with E-state index in [9.17, 15) is 4.79 Å². The smallest absolute Gasteiger partial charge is 0.316 e. The molecule has 5 aromatic rings. The standard InChI is InChI=1S/C35H33N3O4/c1-3-40-34(39)35(20-21-35)27-17-18-28(26-13-8-5-9-14-26)29(23-27)33-32(24(2)38-42-33)37-30-15-10-16-31(36-30)41-22-19-25-11-6-4-7-12-25/h4-18,23H,3,19-22H2,1-2H3,(H,36,37). The summed E-state index contributed by atoms with van der Waals surface area (Å²) in [4.78, 5) is 17.6. The number of hydrogen-bond acceptors (Lipinski definition) is 7. The van der Waals surface area contributed by atoms with Gasteiger partial charge < -0.3 is 19.3 Å². The second kappa shape index (κ2) is 11.9. The zero-order valence-electron chi connectivity index (χ0n) is 23.8. The Morgan fingerprint density at radius 2 is 1.69 bits per heavy atom. The Balaban J connectivity index is 1.32. The van der Waals surface area contributed by atoms with Crippen molar-refractivity contribution in [2.24, 2.45) is 0 Å². The van der Waals surface area contributed by atoms with Crippen LogP contribution in [0.2, 0.25) is 0 Å². The molecule has 1 N–H and O–H groups in total. The van der Waals surface area contributed by atoms with Gasteiger partial charge in [-0.05, 0) is 61.1 Å². The Morgan fingerprint density at radius 1 is 0.929 bits per heavy atom. The highest BCUT2D eigenvalue weighted by molar-refractivity contribution is 5.92. The van der Waals surface area contributed by atoms with Gasteiger partial charge in [0.05, 0.1) is 18.6 Å². The fourth-order valence-corrected chi connectivity index (χ4v) is 5.22. The first kappa shape index (κ1) is 27.3. The van der Waals surface area contributed by atoms with Crippen molar-refractivity contribution in [3.05, 3.63) is 114 Å². The molecule has 0 saturated heterocycles. The number of carbonyl (C=O) groups is 1. The highest BCUT2D eigenvalue weighted by atomic mass is 16.5. The molecular formula is C35H33N3O4. The van der Waals surface area contributed by atoms with Crippen LogP contribution in [0.4, 0.5) is 11.5 Å². The molecule has 0 unspecified atom stereocenters. The summed E-state index contributed by atoms with van der Waals surface area (Å²) in [6.45, 7) is 4.60. The molecular weight excluding hydrogens is 526 g/mol. The maximum absolute atomic E-state index is 12.9. The zero-order chi connectivity index (χ0) is 28.9. The Kier molecular flexibility index (Phi) is 7.73. The highest BCUT2D eigenvalue weighted by Crippen LogP contribution is 2.51. The van der Waals surface area contributed by atoms with Crippen LogP contribution < -0.4 is 10.1 Å². The lowest BCUT2D eigenvalue weighted by atomic mass is 9.89. The van der Waals surface area contributed by atoms with Crippen molar-refractivity contribution in [2.45, 2.75) is 38.5 Å². The molecule has 212 valence electrons. The molecule has 0 bridgehead atoms. The molecule has 2 aromatic heterocycles. The number of aryl methyl sites for hydroxylation is 1. The fourth-order valence-electron chi connectivity index (χ4n) is 5.22. The van der Waals surface area contributed by atoms with E-state index in [2.05, 4.69) is 45.8 Å². The molecule has 7 nitrogen and oxygen atoms in total. The SMILES string of the molecule is CCOC(=O)C1(c2ccc(-c3ccccc3)c(-c3onc(C)c3Nc3cccc(OCCc4ccccc4)n3)c2)CC1. The van der Waals surface area contributed by atoms with Crippen molar-refractivity contribution in [3.8, 4) is 28.3 Å². The van der Waals surface area contributed by atoms with Crippen LogP contribution in [0.1, 0.15) is 36.6 Å². The largest absolute Gasteiger partial charge is 0.477 e. The third-order valence-electron chi connectivity index (χ3n) is 7.64. The van der Waals surface area contributed by atoms with E-state index in [0.29, 0.717) is 42.1 Å². The van der Waals surface area contributed by atoms with E-state index in [1.54, 1.807) is 0 Å². The number of rotatable bonds is 11. The molecule has 3 aromatic carbocycles. The minimum absolute atomic E-state index is 0.177. The van der Waals surface area contributed by atoms with Crippen LogP contribution in [0.3, 0.4) is 0 Å². The van der Waals surface area contributed by atoms with Gasteiger partial charge in [0.15, 0.2) is 5.76 Å². The summed E-state index contributed by atoms with van der Waals surface area (Å²) < 4.78 is 17.4. The third kappa shape index (κ3) is 5.63. The van der Waals surface area contributed by atoms with Gasteiger partial charge in [0.25, 0.3) is 0 Å². The molecule has 0 spiro atoms. The van der Waals surface area contributed by atoms with Gasteiger partial charge in [-0.25, -0.2) is 0 Å².